The molecular weight excluding hydrogens is 364 g/mol. The summed E-state index contributed by atoms with van der Waals surface area (Å²) in [7, 11) is 0. The van der Waals surface area contributed by atoms with Crippen molar-refractivity contribution in [1.82, 2.24) is 34.8 Å². The number of ether oxygens (including phenoxy) is 1. The highest BCUT2D eigenvalue weighted by Gasteiger charge is 2.25. The van der Waals surface area contributed by atoms with Gasteiger partial charge < -0.3 is 10.1 Å². The van der Waals surface area contributed by atoms with Crippen molar-refractivity contribution in [3.8, 4) is 0 Å². The fourth-order valence-corrected chi connectivity index (χ4v) is 5.26. The smallest absolute Gasteiger partial charge is 0.276 e. The molecule has 144 valence electrons. The van der Waals surface area contributed by atoms with Gasteiger partial charge in [-0.2, -0.15) is 9.50 Å². The van der Waals surface area contributed by atoms with Crippen LogP contribution < -0.4 is 5.32 Å². The molecule has 10 heteroatoms. The van der Waals surface area contributed by atoms with Crippen molar-refractivity contribution in [2.75, 3.05) is 57.8 Å². The Bertz CT molecular complexity index is 947. The molecule has 9 nitrogen and oxygen atoms in total. The number of thiophene rings is 1. The van der Waals surface area contributed by atoms with Crippen LogP contribution in [0.25, 0.3) is 16.0 Å². The Kier molecular flexibility index (Phi) is 4.64. The van der Waals surface area contributed by atoms with E-state index in [-0.39, 0.29) is 0 Å². The number of morpholine rings is 1. The molecule has 5 rings (SSSR count). The number of likely N-dealkylation sites (N-methyl/N-ethyl adjacent to an activating group) is 1. The lowest BCUT2D eigenvalue weighted by Gasteiger charge is -2.27. The molecule has 0 atom stereocenters. The molecule has 0 amide bonds. The molecule has 1 saturated heterocycles. The Balaban J connectivity index is 1.47. The van der Waals surface area contributed by atoms with Crippen molar-refractivity contribution in [1.29, 1.82) is 0 Å². The number of aromatic nitrogens is 5. The van der Waals surface area contributed by atoms with Crippen LogP contribution >= 0.6 is 11.3 Å². The van der Waals surface area contributed by atoms with Gasteiger partial charge in [0.15, 0.2) is 0 Å². The highest BCUT2D eigenvalue weighted by Crippen LogP contribution is 2.38. The first-order chi connectivity index (χ1) is 13.3. The number of nitrogens with zero attached hydrogens (tertiary/aromatic N) is 7. The summed E-state index contributed by atoms with van der Waals surface area (Å²) in [6, 6.07) is 0. The third-order valence-corrected chi connectivity index (χ3v) is 6.68. The Morgan fingerprint density at radius 1 is 1.19 bits per heavy atom. The Morgan fingerprint density at radius 3 is 2.93 bits per heavy atom. The van der Waals surface area contributed by atoms with Crippen LogP contribution in [0.2, 0.25) is 0 Å². The maximum Gasteiger partial charge on any atom is 0.276 e. The minimum absolute atomic E-state index is 0.558. The van der Waals surface area contributed by atoms with E-state index < -0.39 is 0 Å². The molecule has 0 aromatic carbocycles. The molecule has 27 heavy (non-hydrogen) atoms. The number of rotatable bonds is 5. The molecule has 0 spiro atoms. The predicted octanol–water partition coefficient (Wildman–Crippen LogP) is 0.856. The zero-order valence-electron chi connectivity index (χ0n) is 15.5. The van der Waals surface area contributed by atoms with Gasteiger partial charge in [0, 0.05) is 44.1 Å². The average Bonchev–Trinajstić information content (AvgIpc) is 3.32. The second-order valence-electron chi connectivity index (χ2n) is 7.03. The molecule has 3 aromatic heterocycles. The lowest BCUT2D eigenvalue weighted by atomic mass is 10.1. The summed E-state index contributed by atoms with van der Waals surface area (Å²) >= 11 is 1.80. The molecule has 1 N–H and O–H groups in total. The Morgan fingerprint density at radius 2 is 2.07 bits per heavy atom. The molecule has 0 radical (unpaired) electrons. The number of hydrogen-bond acceptors (Lipinski definition) is 9. The summed E-state index contributed by atoms with van der Waals surface area (Å²) in [6.45, 7) is 10.9. The Hall–Kier alpha value is -1.88. The van der Waals surface area contributed by atoms with Crippen LogP contribution in [0, 0.1) is 0 Å². The number of hydrogen-bond donors (Lipinski definition) is 1. The van der Waals surface area contributed by atoms with Gasteiger partial charge in [0.25, 0.3) is 5.78 Å². The lowest BCUT2D eigenvalue weighted by molar-refractivity contribution is 0.0398. The van der Waals surface area contributed by atoms with E-state index in [0.29, 0.717) is 5.78 Å². The monoisotopic (exact) mass is 388 g/mol. The highest BCUT2D eigenvalue weighted by molar-refractivity contribution is 7.19. The van der Waals surface area contributed by atoms with Crippen molar-refractivity contribution in [2.24, 2.45) is 0 Å². The predicted molar refractivity (Wildman–Crippen MR) is 104 cm³/mol. The maximum absolute atomic E-state index is 5.43. The Labute approximate surface area is 161 Å². The van der Waals surface area contributed by atoms with E-state index in [1.165, 1.54) is 15.8 Å². The van der Waals surface area contributed by atoms with Crippen LogP contribution in [0.4, 0.5) is 5.82 Å². The topological polar surface area (TPSA) is 83.7 Å². The molecule has 0 unspecified atom stereocenters. The van der Waals surface area contributed by atoms with Crippen LogP contribution in [0.15, 0.2) is 0 Å². The van der Waals surface area contributed by atoms with E-state index in [4.69, 9.17) is 9.72 Å². The van der Waals surface area contributed by atoms with Crippen molar-refractivity contribution in [3.63, 3.8) is 0 Å². The van der Waals surface area contributed by atoms with Gasteiger partial charge in [-0.3, -0.25) is 9.80 Å². The summed E-state index contributed by atoms with van der Waals surface area (Å²) < 4.78 is 7.21. The number of tetrazole rings is 1. The van der Waals surface area contributed by atoms with Gasteiger partial charge in [-0.1, -0.05) is 12.0 Å². The van der Waals surface area contributed by atoms with Crippen LogP contribution in [-0.4, -0.2) is 87.3 Å². The highest BCUT2D eigenvalue weighted by atomic mass is 32.1. The first-order valence-electron chi connectivity index (χ1n) is 9.62. The molecule has 5 heterocycles. The standard InChI is InChI=1S/C17H24N8OS/c1-2-23-5-3-12-13(11-23)27-16-14(12)15(19-17-20-21-22-25(16)17)18-4-6-24-7-9-26-10-8-24/h2-11H2,1H3,(H,18,19,20,22). The maximum atomic E-state index is 5.43. The van der Waals surface area contributed by atoms with Crippen LogP contribution in [0.1, 0.15) is 17.4 Å². The molecular formula is C17H24N8OS. The average molecular weight is 389 g/mol. The first kappa shape index (κ1) is 17.2. The summed E-state index contributed by atoms with van der Waals surface area (Å²) in [4.78, 5) is 12.1. The number of anilines is 1. The van der Waals surface area contributed by atoms with Crippen molar-refractivity contribution in [3.05, 3.63) is 10.4 Å². The minimum Gasteiger partial charge on any atom is -0.379 e. The first-order valence-corrected chi connectivity index (χ1v) is 10.4. The van der Waals surface area contributed by atoms with Gasteiger partial charge in [-0.15, -0.1) is 11.3 Å². The minimum atomic E-state index is 0.558. The summed E-state index contributed by atoms with van der Waals surface area (Å²) in [5.41, 5.74) is 1.42. The molecule has 0 saturated carbocycles. The third kappa shape index (κ3) is 3.16. The molecule has 2 aliphatic rings. The zero-order valence-corrected chi connectivity index (χ0v) is 16.3. The van der Waals surface area contributed by atoms with Crippen LogP contribution in [-0.2, 0) is 17.7 Å². The largest absolute Gasteiger partial charge is 0.379 e. The number of nitrogens with one attached hydrogen (secondary N) is 1. The fraction of sp³-hybridized carbons (Fsp3) is 0.647. The van der Waals surface area contributed by atoms with E-state index in [0.717, 1.165) is 76.1 Å². The molecule has 2 aliphatic heterocycles. The fourth-order valence-electron chi connectivity index (χ4n) is 3.93. The summed E-state index contributed by atoms with van der Waals surface area (Å²) in [6.07, 6.45) is 1.05. The molecule has 0 bridgehead atoms. The third-order valence-electron chi connectivity index (χ3n) is 5.48. The van der Waals surface area contributed by atoms with Crippen molar-refractivity contribution in [2.45, 2.75) is 19.9 Å². The SMILES string of the molecule is CCN1CCc2c(sc3c2c(NCCN2CCOCC2)nc2nnnn23)C1. The van der Waals surface area contributed by atoms with Crippen LogP contribution in [0.3, 0.4) is 0 Å². The van der Waals surface area contributed by atoms with Gasteiger partial charge in [0.05, 0.1) is 18.6 Å². The van der Waals surface area contributed by atoms with E-state index >= 15 is 0 Å². The second kappa shape index (κ2) is 7.27. The second-order valence-corrected chi connectivity index (χ2v) is 8.12. The molecule has 3 aromatic rings. The van der Waals surface area contributed by atoms with Gasteiger partial charge in [-0.25, -0.2) is 0 Å². The van der Waals surface area contributed by atoms with E-state index in [9.17, 15) is 0 Å². The zero-order chi connectivity index (χ0) is 18.2. The van der Waals surface area contributed by atoms with E-state index in [2.05, 4.69) is 37.6 Å². The number of fused-ring (bicyclic) bond motifs is 5. The van der Waals surface area contributed by atoms with Crippen molar-refractivity contribution >= 4 is 33.1 Å². The van der Waals surface area contributed by atoms with E-state index in [1.807, 2.05) is 0 Å². The normalized spacial score (nSPS) is 19.0. The van der Waals surface area contributed by atoms with E-state index in [1.54, 1.807) is 15.9 Å². The van der Waals surface area contributed by atoms with Gasteiger partial charge in [0.1, 0.15) is 10.6 Å². The van der Waals surface area contributed by atoms with Gasteiger partial charge >= 0.3 is 0 Å². The van der Waals surface area contributed by atoms with Gasteiger partial charge in [-0.05, 0) is 29.0 Å². The summed E-state index contributed by atoms with van der Waals surface area (Å²) in [5.74, 6) is 1.48. The van der Waals surface area contributed by atoms with Gasteiger partial charge in [0.2, 0.25) is 0 Å². The molecule has 1 fully saturated rings. The van der Waals surface area contributed by atoms with Crippen molar-refractivity contribution < 1.29 is 4.74 Å². The van der Waals surface area contributed by atoms with Crippen LogP contribution in [0.5, 0.6) is 0 Å². The summed E-state index contributed by atoms with van der Waals surface area (Å²) in [5, 5.41) is 16.8. The lowest BCUT2D eigenvalue weighted by Crippen LogP contribution is -2.39. The molecule has 0 aliphatic carbocycles. The quantitative estimate of drug-likeness (QED) is 0.689.